The van der Waals surface area contributed by atoms with Gasteiger partial charge >= 0.3 is 0 Å². The van der Waals surface area contributed by atoms with Crippen LogP contribution in [0.2, 0.25) is 0 Å². The van der Waals surface area contributed by atoms with E-state index in [0.29, 0.717) is 17.9 Å². The van der Waals surface area contributed by atoms with Gasteiger partial charge in [0, 0.05) is 38.5 Å². The molecular weight excluding hydrogens is 336 g/mol. The predicted molar refractivity (Wildman–Crippen MR) is 104 cm³/mol. The second kappa shape index (κ2) is 7.20. The summed E-state index contributed by atoms with van der Waals surface area (Å²) in [5, 5.41) is 0. The monoisotopic (exact) mass is 368 g/mol. The van der Waals surface area contributed by atoms with Crippen LogP contribution in [0.15, 0.2) is 24.5 Å². The van der Waals surface area contributed by atoms with E-state index in [9.17, 15) is 4.79 Å². The van der Waals surface area contributed by atoms with Crippen molar-refractivity contribution in [3.05, 3.63) is 30.1 Å². The van der Waals surface area contributed by atoms with E-state index in [1.54, 1.807) is 0 Å². The smallest absolute Gasteiger partial charge is 0.223 e. The number of pyridine rings is 1. The molecule has 2 heterocycles. The lowest BCUT2D eigenvalue weighted by molar-refractivity contribution is -0.141. The van der Waals surface area contributed by atoms with E-state index >= 15 is 0 Å². The van der Waals surface area contributed by atoms with Crippen LogP contribution in [-0.4, -0.2) is 35.0 Å². The van der Waals surface area contributed by atoms with Crippen molar-refractivity contribution in [3.63, 3.8) is 0 Å². The summed E-state index contributed by atoms with van der Waals surface area (Å²) < 4.78 is 5.86. The first kappa shape index (κ1) is 17.7. The van der Waals surface area contributed by atoms with Crippen LogP contribution < -0.4 is 0 Å². The van der Waals surface area contributed by atoms with Crippen LogP contribution in [0, 0.1) is 23.2 Å². The van der Waals surface area contributed by atoms with E-state index in [4.69, 9.17) is 4.74 Å². The standard InChI is InChI=1S/C23H32N2O2/c26-22(14-23-11-18-8-19(12-23)10-20(9-18)13-23)25(16-21-2-1-7-27-21)15-17-3-5-24-6-4-17/h3-6,18-21H,1-2,7-16H2/t18?,19?,20?,21-,23?/m1/s1. The number of nitrogens with zero attached hydrogens (tertiary/aromatic N) is 2. The van der Waals surface area contributed by atoms with Gasteiger partial charge in [-0.3, -0.25) is 9.78 Å². The molecule has 0 N–H and O–H groups in total. The molecule has 0 aromatic carbocycles. The Labute approximate surface area is 162 Å². The summed E-state index contributed by atoms with van der Waals surface area (Å²) in [4.78, 5) is 19.7. The van der Waals surface area contributed by atoms with E-state index in [1.807, 2.05) is 24.5 Å². The van der Waals surface area contributed by atoms with Crippen molar-refractivity contribution in [3.8, 4) is 0 Å². The van der Waals surface area contributed by atoms with Gasteiger partial charge in [0.25, 0.3) is 0 Å². The summed E-state index contributed by atoms with van der Waals surface area (Å²) in [7, 11) is 0. The number of ether oxygens (including phenoxy) is 1. The highest BCUT2D eigenvalue weighted by Gasteiger charge is 2.51. The molecule has 1 saturated heterocycles. The highest BCUT2D eigenvalue weighted by molar-refractivity contribution is 5.77. The molecule has 0 spiro atoms. The number of aromatic nitrogens is 1. The lowest BCUT2D eigenvalue weighted by atomic mass is 9.49. The van der Waals surface area contributed by atoms with E-state index in [1.165, 1.54) is 44.1 Å². The minimum Gasteiger partial charge on any atom is -0.376 e. The molecule has 4 bridgehead atoms. The number of carbonyl (C=O) groups is 1. The van der Waals surface area contributed by atoms with Crippen molar-refractivity contribution in [2.45, 2.75) is 70.4 Å². The van der Waals surface area contributed by atoms with Gasteiger partial charge in [-0.1, -0.05) is 0 Å². The van der Waals surface area contributed by atoms with Gasteiger partial charge in [-0.15, -0.1) is 0 Å². The first-order chi connectivity index (χ1) is 13.2. The van der Waals surface area contributed by atoms with Crippen molar-refractivity contribution in [2.75, 3.05) is 13.2 Å². The molecule has 1 atom stereocenters. The summed E-state index contributed by atoms with van der Waals surface area (Å²) in [5.74, 6) is 3.05. The molecule has 146 valence electrons. The second-order valence-corrected chi connectivity index (χ2v) is 9.86. The summed E-state index contributed by atoms with van der Waals surface area (Å²) in [6.07, 6.45) is 15.0. The maximum absolute atomic E-state index is 13.5. The molecule has 1 amide bonds. The third kappa shape index (κ3) is 3.78. The fourth-order valence-corrected chi connectivity index (χ4v) is 6.94. The largest absolute Gasteiger partial charge is 0.376 e. The van der Waals surface area contributed by atoms with Crippen LogP contribution in [0.25, 0.3) is 0 Å². The average molecular weight is 369 g/mol. The van der Waals surface area contributed by atoms with Crippen LogP contribution in [-0.2, 0) is 16.1 Å². The molecule has 4 nitrogen and oxygen atoms in total. The van der Waals surface area contributed by atoms with E-state index in [0.717, 1.165) is 50.2 Å². The molecule has 1 aromatic rings. The Morgan fingerprint density at radius 3 is 2.37 bits per heavy atom. The molecule has 0 radical (unpaired) electrons. The van der Waals surface area contributed by atoms with E-state index in [-0.39, 0.29) is 6.10 Å². The van der Waals surface area contributed by atoms with Gasteiger partial charge in [0.15, 0.2) is 0 Å². The number of carbonyl (C=O) groups excluding carboxylic acids is 1. The summed E-state index contributed by atoms with van der Waals surface area (Å²) in [5.41, 5.74) is 1.47. The predicted octanol–water partition coefficient (Wildman–Crippen LogP) is 4.20. The molecular formula is C23H32N2O2. The van der Waals surface area contributed by atoms with Crippen LogP contribution in [0.5, 0.6) is 0 Å². The Morgan fingerprint density at radius 2 is 1.78 bits per heavy atom. The molecule has 6 rings (SSSR count). The Bertz CT molecular complexity index is 633. The average Bonchev–Trinajstić information content (AvgIpc) is 3.13. The quantitative estimate of drug-likeness (QED) is 0.756. The second-order valence-electron chi connectivity index (χ2n) is 9.86. The zero-order chi connectivity index (χ0) is 18.3. The molecule has 4 heteroatoms. The van der Waals surface area contributed by atoms with Gasteiger partial charge in [-0.05, 0) is 92.2 Å². The molecule has 0 unspecified atom stereocenters. The van der Waals surface area contributed by atoms with Crippen LogP contribution in [0.1, 0.15) is 63.4 Å². The fourth-order valence-electron chi connectivity index (χ4n) is 6.94. The summed E-state index contributed by atoms with van der Waals surface area (Å²) in [6, 6.07) is 4.06. The minimum atomic E-state index is 0.215. The molecule has 27 heavy (non-hydrogen) atoms. The van der Waals surface area contributed by atoms with Crippen molar-refractivity contribution in [1.29, 1.82) is 0 Å². The Kier molecular flexibility index (Phi) is 4.71. The van der Waals surface area contributed by atoms with Crippen LogP contribution in [0.4, 0.5) is 0 Å². The van der Waals surface area contributed by atoms with Gasteiger partial charge in [-0.25, -0.2) is 0 Å². The lowest BCUT2D eigenvalue weighted by Gasteiger charge is -2.57. The van der Waals surface area contributed by atoms with Crippen molar-refractivity contribution in [2.24, 2.45) is 23.2 Å². The zero-order valence-corrected chi connectivity index (χ0v) is 16.3. The maximum Gasteiger partial charge on any atom is 0.223 e. The fraction of sp³-hybridized carbons (Fsp3) is 0.739. The van der Waals surface area contributed by atoms with Gasteiger partial charge < -0.3 is 9.64 Å². The van der Waals surface area contributed by atoms with Gasteiger partial charge in [0.2, 0.25) is 5.91 Å². The Hall–Kier alpha value is -1.42. The number of rotatable bonds is 6. The normalized spacial score (nSPS) is 36.9. The van der Waals surface area contributed by atoms with Gasteiger partial charge in [0.05, 0.1) is 6.10 Å². The Morgan fingerprint density at radius 1 is 1.11 bits per heavy atom. The number of amides is 1. The van der Waals surface area contributed by atoms with Gasteiger partial charge in [-0.2, -0.15) is 0 Å². The van der Waals surface area contributed by atoms with Crippen molar-refractivity contribution < 1.29 is 9.53 Å². The van der Waals surface area contributed by atoms with Crippen molar-refractivity contribution >= 4 is 5.91 Å². The zero-order valence-electron chi connectivity index (χ0n) is 16.3. The first-order valence-electron chi connectivity index (χ1n) is 11.0. The lowest BCUT2D eigenvalue weighted by Crippen LogP contribution is -2.49. The summed E-state index contributed by atoms with van der Waals surface area (Å²) in [6.45, 7) is 2.28. The third-order valence-corrected chi connectivity index (χ3v) is 7.61. The molecule has 1 aliphatic heterocycles. The highest BCUT2D eigenvalue weighted by Crippen LogP contribution is 2.61. The highest BCUT2D eigenvalue weighted by atomic mass is 16.5. The topological polar surface area (TPSA) is 42.4 Å². The molecule has 5 fully saturated rings. The third-order valence-electron chi connectivity index (χ3n) is 7.61. The molecule has 5 aliphatic rings. The molecule has 1 aromatic heterocycles. The first-order valence-corrected chi connectivity index (χ1v) is 11.0. The molecule has 4 aliphatic carbocycles. The number of hydrogen-bond donors (Lipinski definition) is 0. The van der Waals surface area contributed by atoms with E-state index < -0.39 is 0 Å². The van der Waals surface area contributed by atoms with Crippen LogP contribution in [0.3, 0.4) is 0 Å². The Balaban J connectivity index is 1.30. The summed E-state index contributed by atoms with van der Waals surface area (Å²) >= 11 is 0. The van der Waals surface area contributed by atoms with Crippen LogP contribution >= 0.6 is 0 Å². The minimum absolute atomic E-state index is 0.215. The van der Waals surface area contributed by atoms with Gasteiger partial charge in [0.1, 0.15) is 0 Å². The SMILES string of the molecule is O=C(CC12CC3CC(CC(C3)C1)C2)N(Cc1ccncc1)C[C@H]1CCCO1. The van der Waals surface area contributed by atoms with Crippen molar-refractivity contribution in [1.82, 2.24) is 9.88 Å². The van der Waals surface area contributed by atoms with E-state index in [2.05, 4.69) is 9.88 Å². The molecule has 4 saturated carbocycles. The maximum atomic E-state index is 13.5. The number of hydrogen-bond acceptors (Lipinski definition) is 3.